The van der Waals surface area contributed by atoms with Crippen molar-refractivity contribution in [2.75, 3.05) is 0 Å². The molecular formula is C9H13N3O4S. The third-order valence-corrected chi connectivity index (χ3v) is 3.52. The molecular weight excluding hydrogens is 246 g/mol. The van der Waals surface area contributed by atoms with E-state index in [1.807, 2.05) is 0 Å². The van der Waals surface area contributed by atoms with E-state index < -0.39 is 15.6 Å². The van der Waals surface area contributed by atoms with Crippen molar-refractivity contribution >= 4 is 23.4 Å². The molecule has 0 aliphatic carbocycles. The number of carboxylic acids is 1. The lowest BCUT2D eigenvalue weighted by molar-refractivity contribution is -0.388. The van der Waals surface area contributed by atoms with Crippen LogP contribution in [0.25, 0.3) is 0 Å². The van der Waals surface area contributed by atoms with E-state index in [0.29, 0.717) is 0 Å². The molecule has 0 unspecified atom stereocenters. The Morgan fingerprint density at radius 2 is 2.12 bits per heavy atom. The van der Waals surface area contributed by atoms with Gasteiger partial charge in [0.25, 0.3) is 0 Å². The summed E-state index contributed by atoms with van der Waals surface area (Å²) in [5.74, 6) is -1.03. The van der Waals surface area contributed by atoms with Crippen LogP contribution in [-0.4, -0.2) is 30.5 Å². The van der Waals surface area contributed by atoms with Crippen molar-refractivity contribution in [3.8, 4) is 0 Å². The summed E-state index contributed by atoms with van der Waals surface area (Å²) in [4.78, 5) is 21.4. The van der Waals surface area contributed by atoms with Gasteiger partial charge < -0.3 is 5.11 Å². The van der Waals surface area contributed by atoms with Crippen molar-refractivity contribution in [1.82, 2.24) is 9.78 Å². The smallest absolute Gasteiger partial charge is 0.323 e. The van der Waals surface area contributed by atoms with Gasteiger partial charge in [-0.3, -0.25) is 19.6 Å². The van der Waals surface area contributed by atoms with Crippen LogP contribution in [0.4, 0.5) is 5.69 Å². The number of carbonyl (C=O) groups is 1. The second-order valence-corrected chi connectivity index (χ2v) is 5.65. The number of aromatic nitrogens is 2. The Morgan fingerprint density at radius 1 is 1.59 bits per heavy atom. The lowest BCUT2D eigenvalue weighted by atomic mass is 10.2. The molecule has 0 aliphatic rings. The van der Waals surface area contributed by atoms with Gasteiger partial charge in [0.15, 0.2) is 5.03 Å². The first-order chi connectivity index (χ1) is 7.66. The predicted molar refractivity (Wildman–Crippen MR) is 62.2 cm³/mol. The number of aryl methyl sites for hydroxylation is 2. The van der Waals surface area contributed by atoms with Gasteiger partial charge in [0.1, 0.15) is 10.4 Å². The van der Waals surface area contributed by atoms with Crippen molar-refractivity contribution in [1.29, 1.82) is 0 Å². The number of nitrogens with zero attached hydrogens (tertiary/aromatic N) is 3. The van der Waals surface area contributed by atoms with Crippen LogP contribution in [0, 0.1) is 17.0 Å². The van der Waals surface area contributed by atoms with Gasteiger partial charge in [-0.1, -0.05) is 11.8 Å². The van der Waals surface area contributed by atoms with Gasteiger partial charge in [-0.2, -0.15) is 5.10 Å². The summed E-state index contributed by atoms with van der Waals surface area (Å²) in [6.45, 7) is 4.51. The van der Waals surface area contributed by atoms with Crippen LogP contribution in [0.5, 0.6) is 0 Å². The molecule has 0 saturated heterocycles. The molecule has 1 heterocycles. The Labute approximate surface area is 102 Å². The number of rotatable bonds is 4. The molecule has 0 atom stereocenters. The van der Waals surface area contributed by atoms with Crippen LogP contribution in [0.15, 0.2) is 5.03 Å². The molecule has 0 aliphatic heterocycles. The zero-order valence-corrected chi connectivity index (χ0v) is 10.7. The number of aliphatic carboxylic acids is 1. The number of hydrogen-bond acceptors (Lipinski definition) is 5. The van der Waals surface area contributed by atoms with E-state index in [1.165, 1.54) is 25.5 Å². The number of hydrogen-bond donors (Lipinski definition) is 1. The zero-order chi connectivity index (χ0) is 13.4. The lowest BCUT2D eigenvalue weighted by Gasteiger charge is -2.17. The topological polar surface area (TPSA) is 98.3 Å². The van der Waals surface area contributed by atoms with E-state index in [1.54, 1.807) is 7.05 Å². The van der Waals surface area contributed by atoms with Crippen molar-refractivity contribution in [2.45, 2.75) is 30.5 Å². The molecule has 1 N–H and O–H groups in total. The molecule has 0 radical (unpaired) electrons. The number of carboxylic acid groups (broad SMARTS) is 1. The molecule has 0 saturated carbocycles. The summed E-state index contributed by atoms with van der Waals surface area (Å²) in [5.41, 5.74) is 0.146. The highest BCUT2D eigenvalue weighted by Gasteiger charge is 2.35. The van der Waals surface area contributed by atoms with E-state index in [4.69, 9.17) is 5.11 Å². The second-order valence-electron chi connectivity index (χ2n) is 4.04. The van der Waals surface area contributed by atoms with Crippen molar-refractivity contribution in [2.24, 2.45) is 7.05 Å². The summed E-state index contributed by atoms with van der Waals surface area (Å²) >= 11 is 0.916. The monoisotopic (exact) mass is 259 g/mol. The van der Waals surface area contributed by atoms with Gasteiger partial charge in [-0.05, 0) is 20.8 Å². The van der Waals surface area contributed by atoms with Crippen LogP contribution in [0.2, 0.25) is 0 Å². The maximum absolute atomic E-state index is 11.0. The highest BCUT2D eigenvalue weighted by Crippen LogP contribution is 2.39. The summed E-state index contributed by atoms with van der Waals surface area (Å²) in [5, 5.41) is 24.1. The Balaban J connectivity index is 3.23. The number of nitro groups is 1. The summed E-state index contributed by atoms with van der Waals surface area (Å²) in [6, 6.07) is 0. The van der Waals surface area contributed by atoms with E-state index in [2.05, 4.69) is 5.10 Å². The highest BCUT2D eigenvalue weighted by atomic mass is 32.2. The van der Waals surface area contributed by atoms with E-state index in [9.17, 15) is 14.9 Å². The minimum atomic E-state index is -1.15. The maximum atomic E-state index is 11.0. The fourth-order valence-electron chi connectivity index (χ4n) is 1.24. The minimum absolute atomic E-state index is 0.133. The number of thioether (sulfide) groups is 1. The average Bonchev–Trinajstić information content (AvgIpc) is 2.40. The molecule has 1 rings (SSSR count). The van der Waals surface area contributed by atoms with Crippen LogP contribution < -0.4 is 0 Å². The fraction of sp³-hybridized carbons (Fsp3) is 0.556. The first-order valence-electron chi connectivity index (χ1n) is 4.77. The average molecular weight is 259 g/mol. The SMILES string of the molecule is Cc1nn(C)c(SC(C)(C)C(=O)O)c1[N+](=O)[O-]. The van der Waals surface area contributed by atoms with Crippen molar-refractivity contribution in [3.63, 3.8) is 0 Å². The third kappa shape index (κ3) is 2.57. The summed E-state index contributed by atoms with van der Waals surface area (Å²) in [6.07, 6.45) is 0. The van der Waals surface area contributed by atoms with Gasteiger partial charge in [0.05, 0.1) is 4.92 Å². The standard InChI is InChI=1S/C9H13N3O4S/c1-5-6(12(15)16)7(11(4)10-5)17-9(2,3)8(13)14/h1-4H3,(H,13,14). The first-order valence-corrected chi connectivity index (χ1v) is 5.59. The predicted octanol–water partition coefficient (Wildman–Crippen LogP) is 1.59. The molecule has 0 spiro atoms. The molecule has 1 aromatic rings. The summed E-state index contributed by atoms with van der Waals surface area (Å²) in [7, 11) is 1.56. The van der Waals surface area contributed by atoms with Crippen LogP contribution in [0.3, 0.4) is 0 Å². The van der Waals surface area contributed by atoms with E-state index in [-0.39, 0.29) is 16.4 Å². The molecule has 7 nitrogen and oxygen atoms in total. The molecule has 1 aromatic heterocycles. The van der Waals surface area contributed by atoms with E-state index in [0.717, 1.165) is 11.8 Å². The van der Waals surface area contributed by atoms with Crippen LogP contribution in [0.1, 0.15) is 19.5 Å². The largest absolute Gasteiger partial charge is 0.480 e. The Kier molecular flexibility index (Phi) is 3.46. The minimum Gasteiger partial charge on any atom is -0.480 e. The van der Waals surface area contributed by atoms with Gasteiger partial charge in [-0.15, -0.1) is 0 Å². The fourth-order valence-corrected chi connectivity index (χ4v) is 2.30. The maximum Gasteiger partial charge on any atom is 0.323 e. The van der Waals surface area contributed by atoms with Gasteiger partial charge >= 0.3 is 11.7 Å². The Morgan fingerprint density at radius 3 is 2.53 bits per heavy atom. The molecule has 17 heavy (non-hydrogen) atoms. The van der Waals surface area contributed by atoms with Gasteiger partial charge in [0, 0.05) is 7.05 Å². The zero-order valence-electron chi connectivity index (χ0n) is 9.92. The quantitative estimate of drug-likeness (QED) is 0.501. The molecule has 0 fully saturated rings. The highest BCUT2D eigenvalue weighted by molar-refractivity contribution is 8.01. The van der Waals surface area contributed by atoms with Gasteiger partial charge in [0.2, 0.25) is 0 Å². The van der Waals surface area contributed by atoms with Crippen LogP contribution in [-0.2, 0) is 11.8 Å². The molecule has 0 aromatic carbocycles. The third-order valence-electron chi connectivity index (χ3n) is 2.19. The van der Waals surface area contributed by atoms with Crippen molar-refractivity contribution < 1.29 is 14.8 Å². The second kappa shape index (κ2) is 4.36. The molecule has 0 amide bonds. The lowest BCUT2D eigenvalue weighted by Crippen LogP contribution is -2.27. The normalized spacial score (nSPS) is 11.5. The van der Waals surface area contributed by atoms with Gasteiger partial charge in [-0.25, -0.2) is 0 Å². The molecule has 0 bridgehead atoms. The van der Waals surface area contributed by atoms with Crippen LogP contribution >= 0.6 is 11.8 Å². The van der Waals surface area contributed by atoms with E-state index >= 15 is 0 Å². The first kappa shape index (κ1) is 13.5. The van der Waals surface area contributed by atoms with Crippen molar-refractivity contribution in [3.05, 3.63) is 15.8 Å². The molecule has 94 valence electrons. The summed E-state index contributed by atoms with van der Waals surface area (Å²) < 4.78 is 0.188. The molecule has 8 heteroatoms. The Bertz CT molecular complexity index is 481. The Hall–Kier alpha value is -1.57.